The van der Waals surface area contributed by atoms with E-state index in [-0.39, 0.29) is 5.57 Å². The third-order valence-corrected chi connectivity index (χ3v) is 3.23. The van der Waals surface area contributed by atoms with E-state index < -0.39 is 5.60 Å². The topological polar surface area (TPSA) is 69.7 Å². The van der Waals surface area contributed by atoms with Gasteiger partial charge in [0.05, 0.1) is 5.69 Å². The van der Waals surface area contributed by atoms with Crippen molar-refractivity contribution in [2.24, 2.45) is 0 Å². The fourth-order valence-corrected chi connectivity index (χ4v) is 1.98. The van der Waals surface area contributed by atoms with Crippen LogP contribution in [0.5, 0.6) is 0 Å². The fraction of sp³-hybridized carbons (Fsp3) is 0.267. The lowest BCUT2D eigenvalue weighted by Crippen LogP contribution is -2.20. The molecular weight excluding hydrogens is 238 g/mol. The molecule has 1 aliphatic rings. The summed E-state index contributed by atoms with van der Waals surface area (Å²) in [6, 6.07) is 9.29. The van der Waals surface area contributed by atoms with Crippen molar-refractivity contribution in [3.8, 4) is 12.1 Å². The van der Waals surface area contributed by atoms with Crippen LogP contribution in [0.25, 0.3) is 5.57 Å². The maximum Gasteiger partial charge on any atom is 0.172 e. The summed E-state index contributed by atoms with van der Waals surface area (Å²) < 4.78 is 5.79. The number of hydrogen-bond donors (Lipinski definition) is 0. The number of pyridine rings is 1. The van der Waals surface area contributed by atoms with Gasteiger partial charge < -0.3 is 4.74 Å². The van der Waals surface area contributed by atoms with Gasteiger partial charge in [-0.25, -0.2) is 0 Å². The molecule has 1 aromatic rings. The zero-order valence-electron chi connectivity index (χ0n) is 11.1. The van der Waals surface area contributed by atoms with Crippen molar-refractivity contribution in [1.82, 2.24) is 4.98 Å². The molecule has 0 N–H and O–H groups in total. The van der Waals surface area contributed by atoms with Gasteiger partial charge in [0.15, 0.2) is 11.3 Å². The van der Waals surface area contributed by atoms with E-state index in [4.69, 9.17) is 15.3 Å². The van der Waals surface area contributed by atoms with Gasteiger partial charge in [-0.1, -0.05) is 6.07 Å². The molecule has 0 amide bonds. The number of nitrogens with zero attached hydrogens (tertiary/aromatic N) is 3. The van der Waals surface area contributed by atoms with Crippen LogP contribution < -0.4 is 0 Å². The summed E-state index contributed by atoms with van der Waals surface area (Å²) in [6.45, 7) is 5.75. The van der Waals surface area contributed by atoms with E-state index in [2.05, 4.69) is 4.98 Å². The zero-order valence-corrected chi connectivity index (χ0v) is 11.1. The Morgan fingerprint density at radius 1 is 1.26 bits per heavy atom. The van der Waals surface area contributed by atoms with E-state index in [0.717, 1.165) is 11.1 Å². The first-order valence-electron chi connectivity index (χ1n) is 5.88. The van der Waals surface area contributed by atoms with Crippen LogP contribution in [0.2, 0.25) is 0 Å². The quantitative estimate of drug-likeness (QED) is 0.719. The zero-order chi connectivity index (χ0) is 14.0. The third kappa shape index (κ3) is 2.09. The third-order valence-electron chi connectivity index (χ3n) is 3.23. The molecule has 4 nitrogen and oxygen atoms in total. The summed E-state index contributed by atoms with van der Waals surface area (Å²) in [4.78, 5) is 4.29. The summed E-state index contributed by atoms with van der Waals surface area (Å²) in [5.41, 5.74) is 1.85. The smallest absolute Gasteiger partial charge is 0.172 e. The van der Waals surface area contributed by atoms with Gasteiger partial charge in [-0.05, 0) is 38.5 Å². The Morgan fingerprint density at radius 3 is 2.47 bits per heavy atom. The highest BCUT2D eigenvalue weighted by Gasteiger charge is 2.38. The fourth-order valence-electron chi connectivity index (χ4n) is 1.98. The maximum atomic E-state index is 9.05. The van der Waals surface area contributed by atoms with Gasteiger partial charge in [-0.15, -0.1) is 0 Å². The van der Waals surface area contributed by atoms with Crippen molar-refractivity contribution in [3.63, 3.8) is 0 Å². The van der Waals surface area contributed by atoms with Crippen LogP contribution in [0.4, 0.5) is 0 Å². The molecule has 1 aromatic heterocycles. The first-order valence-corrected chi connectivity index (χ1v) is 5.88. The van der Waals surface area contributed by atoms with Crippen LogP contribution >= 0.6 is 0 Å². The lowest BCUT2D eigenvalue weighted by atomic mass is 9.94. The number of allylic oxidation sites excluding steroid dienone is 2. The Labute approximate surface area is 112 Å². The van der Waals surface area contributed by atoms with Gasteiger partial charge in [0.2, 0.25) is 0 Å². The van der Waals surface area contributed by atoms with Crippen LogP contribution in [0.15, 0.2) is 41.3 Å². The summed E-state index contributed by atoms with van der Waals surface area (Å²) >= 11 is 0. The Balaban J connectivity index is 2.72. The van der Waals surface area contributed by atoms with Crippen molar-refractivity contribution in [2.75, 3.05) is 0 Å². The molecule has 0 unspecified atom stereocenters. The standard InChI is InChI=1S/C15H13N3O/c1-10-13(12-6-4-5-7-18-12)14(11(8-16)9-17)19-15(10,2)3/h4-7H,1-3H3. The van der Waals surface area contributed by atoms with Crippen molar-refractivity contribution < 1.29 is 4.74 Å². The number of nitriles is 2. The molecule has 2 heterocycles. The van der Waals surface area contributed by atoms with Crippen molar-refractivity contribution in [3.05, 3.63) is 47.0 Å². The highest BCUT2D eigenvalue weighted by molar-refractivity contribution is 5.83. The molecule has 0 bridgehead atoms. The molecule has 94 valence electrons. The second kappa shape index (κ2) is 4.59. The Kier molecular flexibility index (Phi) is 3.10. The average molecular weight is 251 g/mol. The molecule has 2 rings (SSSR count). The number of rotatable bonds is 1. The summed E-state index contributed by atoms with van der Waals surface area (Å²) in [5, 5.41) is 18.1. The second-order valence-corrected chi connectivity index (χ2v) is 4.76. The van der Waals surface area contributed by atoms with Crippen molar-refractivity contribution in [1.29, 1.82) is 10.5 Å². The van der Waals surface area contributed by atoms with E-state index in [1.807, 2.05) is 51.1 Å². The monoisotopic (exact) mass is 251 g/mol. The first kappa shape index (κ1) is 12.9. The van der Waals surface area contributed by atoms with E-state index in [1.165, 1.54) is 0 Å². The lowest BCUT2D eigenvalue weighted by Gasteiger charge is -2.20. The second-order valence-electron chi connectivity index (χ2n) is 4.76. The molecule has 0 atom stereocenters. The Hall–Kier alpha value is -2.59. The highest BCUT2D eigenvalue weighted by atomic mass is 16.5. The van der Waals surface area contributed by atoms with Gasteiger partial charge in [-0.3, -0.25) is 4.98 Å². The molecule has 0 fully saturated rings. The normalized spacial score (nSPS) is 16.6. The Morgan fingerprint density at radius 2 is 1.95 bits per heavy atom. The number of hydrogen-bond acceptors (Lipinski definition) is 4. The van der Waals surface area contributed by atoms with E-state index in [1.54, 1.807) is 6.20 Å². The summed E-state index contributed by atoms with van der Waals surface area (Å²) in [7, 11) is 0. The maximum absolute atomic E-state index is 9.05. The first-order chi connectivity index (χ1) is 9.01. The molecule has 0 aromatic carbocycles. The largest absolute Gasteiger partial charge is 0.481 e. The molecule has 0 saturated carbocycles. The van der Waals surface area contributed by atoms with Crippen molar-refractivity contribution >= 4 is 5.57 Å². The molecular formula is C15H13N3O. The van der Waals surface area contributed by atoms with Gasteiger partial charge in [0.1, 0.15) is 17.7 Å². The van der Waals surface area contributed by atoms with Crippen LogP contribution in [0, 0.1) is 22.7 Å². The highest BCUT2D eigenvalue weighted by Crippen LogP contribution is 2.43. The SMILES string of the molecule is CC1=C(c2ccccn2)C(=C(C#N)C#N)OC1(C)C. The van der Waals surface area contributed by atoms with E-state index >= 15 is 0 Å². The minimum absolute atomic E-state index is 0.0226. The average Bonchev–Trinajstić information content (AvgIpc) is 2.63. The van der Waals surface area contributed by atoms with Gasteiger partial charge in [0.25, 0.3) is 0 Å². The lowest BCUT2D eigenvalue weighted by molar-refractivity contribution is 0.0938. The number of ether oxygens (including phenoxy) is 1. The van der Waals surface area contributed by atoms with Crippen LogP contribution in [-0.2, 0) is 4.74 Å². The summed E-state index contributed by atoms with van der Waals surface area (Å²) in [6.07, 6.45) is 1.68. The molecule has 0 radical (unpaired) electrons. The van der Waals surface area contributed by atoms with Crippen LogP contribution in [-0.4, -0.2) is 10.6 Å². The van der Waals surface area contributed by atoms with Crippen LogP contribution in [0.1, 0.15) is 26.5 Å². The summed E-state index contributed by atoms with van der Waals surface area (Å²) in [5.74, 6) is 0.325. The Bertz CT molecular complexity index is 639. The predicted molar refractivity (Wildman–Crippen MR) is 70.2 cm³/mol. The minimum Gasteiger partial charge on any atom is -0.481 e. The van der Waals surface area contributed by atoms with E-state index in [0.29, 0.717) is 11.5 Å². The van der Waals surface area contributed by atoms with E-state index in [9.17, 15) is 0 Å². The molecule has 4 heteroatoms. The van der Waals surface area contributed by atoms with Crippen LogP contribution in [0.3, 0.4) is 0 Å². The molecule has 19 heavy (non-hydrogen) atoms. The molecule has 0 spiro atoms. The molecule has 0 aliphatic carbocycles. The van der Waals surface area contributed by atoms with Crippen molar-refractivity contribution in [2.45, 2.75) is 26.4 Å². The number of aromatic nitrogens is 1. The van der Waals surface area contributed by atoms with Gasteiger partial charge in [-0.2, -0.15) is 10.5 Å². The van der Waals surface area contributed by atoms with Gasteiger partial charge in [0, 0.05) is 11.8 Å². The molecule has 0 saturated heterocycles. The predicted octanol–water partition coefficient (Wildman–Crippen LogP) is 2.97. The molecule has 1 aliphatic heterocycles. The van der Waals surface area contributed by atoms with Gasteiger partial charge >= 0.3 is 0 Å². The minimum atomic E-state index is -0.541.